The Hall–Kier alpha value is -3.01. The van der Waals surface area contributed by atoms with E-state index in [0.717, 1.165) is 5.56 Å². The van der Waals surface area contributed by atoms with Crippen molar-refractivity contribution in [3.05, 3.63) is 64.2 Å². The van der Waals surface area contributed by atoms with Gasteiger partial charge in [0.15, 0.2) is 11.5 Å². The first-order chi connectivity index (χ1) is 14.1. The summed E-state index contributed by atoms with van der Waals surface area (Å²) in [5.41, 5.74) is 1.64. The fourth-order valence-corrected chi connectivity index (χ4v) is 2.59. The molecule has 0 aliphatic rings. The van der Waals surface area contributed by atoms with Crippen LogP contribution in [-0.4, -0.2) is 33.3 Å². The van der Waals surface area contributed by atoms with Crippen LogP contribution in [0, 0.1) is 11.3 Å². The maximum absolute atomic E-state index is 12.1. The molecule has 29 heavy (non-hydrogen) atoms. The van der Waals surface area contributed by atoms with E-state index in [1.807, 2.05) is 18.2 Å². The Morgan fingerprint density at radius 3 is 2.59 bits per heavy atom. The molecule has 0 bridgehead atoms. The van der Waals surface area contributed by atoms with E-state index in [0.29, 0.717) is 48.3 Å². The lowest BCUT2D eigenvalue weighted by atomic mass is 10.1. The van der Waals surface area contributed by atoms with Crippen LogP contribution in [0.4, 0.5) is 0 Å². The number of hydrogen-bond acceptors (Lipinski definition) is 5. The number of benzene rings is 2. The summed E-state index contributed by atoms with van der Waals surface area (Å²) >= 11 is 5.89. The fourth-order valence-electron chi connectivity index (χ4n) is 2.46. The van der Waals surface area contributed by atoms with Gasteiger partial charge in [-0.15, -0.1) is 0 Å². The van der Waals surface area contributed by atoms with Crippen molar-refractivity contribution in [3.63, 3.8) is 0 Å². The van der Waals surface area contributed by atoms with Crippen LogP contribution in [-0.2, 0) is 16.1 Å². The fraction of sp³-hybridized carbons (Fsp3) is 0.273. The molecule has 0 saturated heterocycles. The first kappa shape index (κ1) is 22.3. The number of nitriles is 1. The van der Waals surface area contributed by atoms with E-state index < -0.39 is 5.91 Å². The highest BCUT2D eigenvalue weighted by atomic mass is 35.5. The smallest absolute Gasteiger partial charge is 0.261 e. The van der Waals surface area contributed by atoms with E-state index >= 15 is 0 Å². The lowest BCUT2D eigenvalue weighted by Crippen LogP contribution is -2.26. The van der Waals surface area contributed by atoms with Crippen molar-refractivity contribution >= 4 is 23.6 Å². The molecule has 0 spiro atoms. The molecule has 2 aromatic carbocycles. The molecule has 0 heterocycles. The van der Waals surface area contributed by atoms with Gasteiger partial charge in [0.05, 0.1) is 7.11 Å². The number of halogens is 1. The number of nitrogens with one attached hydrogen (secondary N) is 1. The maximum atomic E-state index is 12.1. The molecular formula is C22H23ClN2O4. The number of hydrogen-bond donors (Lipinski definition) is 1. The average molecular weight is 415 g/mol. The number of amides is 1. The Kier molecular flexibility index (Phi) is 9.03. The molecule has 0 saturated carbocycles. The molecule has 0 radical (unpaired) electrons. The van der Waals surface area contributed by atoms with Gasteiger partial charge in [-0.2, -0.15) is 5.26 Å². The van der Waals surface area contributed by atoms with Crippen molar-refractivity contribution in [1.82, 2.24) is 5.32 Å². The normalized spacial score (nSPS) is 10.9. The summed E-state index contributed by atoms with van der Waals surface area (Å²) in [6, 6.07) is 14.5. The molecule has 1 N–H and O–H groups in total. The van der Waals surface area contributed by atoms with E-state index in [2.05, 4.69) is 5.32 Å². The van der Waals surface area contributed by atoms with Gasteiger partial charge in [0.2, 0.25) is 0 Å². The Labute approximate surface area is 175 Å². The Morgan fingerprint density at radius 1 is 1.17 bits per heavy atom. The predicted molar refractivity (Wildman–Crippen MR) is 112 cm³/mol. The number of rotatable bonds is 10. The minimum atomic E-state index is -0.425. The molecule has 0 aliphatic carbocycles. The number of carbonyl (C=O) groups excluding carboxylic acids is 1. The van der Waals surface area contributed by atoms with Gasteiger partial charge in [-0.05, 0) is 47.9 Å². The van der Waals surface area contributed by atoms with Gasteiger partial charge in [0.25, 0.3) is 5.91 Å². The van der Waals surface area contributed by atoms with Crippen LogP contribution >= 0.6 is 11.6 Å². The summed E-state index contributed by atoms with van der Waals surface area (Å²) in [5, 5.41) is 12.7. The average Bonchev–Trinajstić information content (AvgIpc) is 2.74. The highest BCUT2D eigenvalue weighted by Crippen LogP contribution is 2.29. The third-order valence-electron chi connectivity index (χ3n) is 3.98. The Morgan fingerprint density at radius 2 is 1.93 bits per heavy atom. The number of nitrogens with zero attached hydrogens (tertiary/aromatic N) is 1. The lowest BCUT2D eigenvalue weighted by Gasteiger charge is -2.12. The van der Waals surface area contributed by atoms with Gasteiger partial charge in [-0.1, -0.05) is 29.8 Å². The van der Waals surface area contributed by atoms with Crippen molar-refractivity contribution in [2.75, 3.05) is 27.4 Å². The maximum Gasteiger partial charge on any atom is 0.261 e. The second-order valence-corrected chi connectivity index (χ2v) is 6.53. The van der Waals surface area contributed by atoms with Gasteiger partial charge in [-0.25, -0.2) is 0 Å². The van der Waals surface area contributed by atoms with Crippen molar-refractivity contribution in [3.8, 4) is 17.6 Å². The first-order valence-corrected chi connectivity index (χ1v) is 9.39. The molecule has 7 heteroatoms. The summed E-state index contributed by atoms with van der Waals surface area (Å²) < 4.78 is 16.1. The first-order valence-electron chi connectivity index (χ1n) is 9.01. The zero-order valence-corrected chi connectivity index (χ0v) is 17.2. The van der Waals surface area contributed by atoms with Gasteiger partial charge in [0, 0.05) is 25.3 Å². The zero-order chi connectivity index (χ0) is 21.1. The molecule has 152 valence electrons. The highest BCUT2D eigenvalue weighted by Gasteiger charge is 2.10. The van der Waals surface area contributed by atoms with Crippen LogP contribution in [0.3, 0.4) is 0 Å². The van der Waals surface area contributed by atoms with Gasteiger partial charge >= 0.3 is 0 Å². The summed E-state index contributed by atoms with van der Waals surface area (Å²) in [6.45, 7) is 1.34. The Bertz CT molecular complexity index is 889. The van der Waals surface area contributed by atoms with E-state index in [-0.39, 0.29) is 5.57 Å². The second-order valence-electron chi connectivity index (χ2n) is 6.10. The lowest BCUT2D eigenvalue weighted by molar-refractivity contribution is -0.117. The molecule has 2 aromatic rings. The van der Waals surface area contributed by atoms with Gasteiger partial charge < -0.3 is 19.5 Å². The van der Waals surface area contributed by atoms with Crippen LogP contribution in [0.15, 0.2) is 48.0 Å². The van der Waals surface area contributed by atoms with E-state index in [4.69, 9.17) is 25.8 Å². The van der Waals surface area contributed by atoms with Crippen LogP contribution in [0.2, 0.25) is 5.02 Å². The van der Waals surface area contributed by atoms with Crippen molar-refractivity contribution in [1.29, 1.82) is 5.26 Å². The standard InChI is InChI=1S/C22H23ClN2O4/c1-27-11-3-10-25-22(26)18(14-24)12-17-6-9-20(21(13-17)28-2)29-15-16-4-7-19(23)8-5-16/h4-9,12-13H,3,10-11,15H2,1-2H3,(H,25,26)/b18-12+. The van der Waals surface area contributed by atoms with Gasteiger partial charge in [-0.3, -0.25) is 4.79 Å². The van der Waals surface area contributed by atoms with E-state index in [1.165, 1.54) is 13.2 Å². The minimum absolute atomic E-state index is 0.0132. The molecule has 0 unspecified atom stereocenters. The summed E-state index contributed by atoms with van der Waals surface area (Å²) in [5.74, 6) is 0.637. The van der Waals surface area contributed by atoms with Crippen LogP contribution < -0.4 is 14.8 Å². The number of carbonyl (C=O) groups is 1. The van der Waals surface area contributed by atoms with Crippen LogP contribution in [0.5, 0.6) is 11.5 Å². The third-order valence-corrected chi connectivity index (χ3v) is 4.23. The summed E-state index contributed by atoms with van der Waals surface area (Å²) in [7, 11) is 3.13. The highest BCUT2D eigenvalue weighted by molar-refractivity contribution is 6.30. The molecule has 0 atom stereocenters. The minimum Gasteiger partial charge on any atom is -0.493 e. The summed E-state index contributed by atoms with van der Waals surface area (Å²) in [6.07, 6.45) is 2.19. The largest absolute Gasteiger partial charge is 0.493 e. The Balaban J connectivity index is 2.07. The molecule has 6 nitrogen and oxygen atoms in total. The van der Waals surface area contributed by atoms with Crippen molar-refractivity contribution < 1.29 is 19.0 Å². The molecule has 1 amide bonds. The summed E-state index contributed by atoms with van der Waals surface area (Å²) in [4.78, 5) is 12.1. The van der Waals surface area contributed by atoms with Crippen molar-refractivity contribution in [2.45, 2.75) is 13.0 Å². The van der Waals surface area contributed by atoms with Gasteiger partial charge in [0.1, 0.15) is 18.2 Å². The van der Waals surface area contributed by atoms with E-state index in [1.54, 1.807) is 37.4 Å². The van der Waals surface area contributed by atoms with Crippen molar-refractivity contribution in [2.24, 2.45) is 0 Å². The zero-order valence-electron chi connectivity index (χ0n) is 16.4. The molecule has 0 aliphatic heterocycles. The third kappa shape index (κ3) is 7.15. The molecular weight excluding hydrogens is 392 g/mol. The number of ether oxygens (including phenoxy) is 3. The van der Waals surface area contributed by atoms with Crippen LogP contribution in [0.25, 0.3) is 6.08 Å². The molecule has 0 aromatic heterocycles. The monoisotopic (exact) mass is 414 g/mol. The quantitative estimate of drug-likeness (QED) is 0.361. The van der Waals surface area contributed by atoms with Crippen LogP contribution in [0.1, 0.15) is 17.5 Å². The SMILES string of the molecule is COCCCNC(=O)/C(C#N)=C/c1ccc(OCc2ccc(Cl)cc2)c(OC)c1. The molecule has 2 rings (SSSR count). The second kappa shape index (κ2) is 11.7. The molecule has 0 fully saturated rings. The van der Waals surface area contributed by atoms with E-state index in [9.17, 15) is 10.1 Å². The predicted octanol–water partition coefficient (Wildman–Crippen LogP) is 3.99. The number of methoxy groups -OCH3 is 2. The topological polar surface area (TPSA) is 80.6 Å².